The highest BCUT2D eigenvalue weighted by molar-refractivity contribution is 5.62. The minimum atomic E-state index is 1.29. The largest absolute Gasteiger partial charge is 0.289 e. The van der Waals surface area contributed by atoms with Gasteiger partial charge in [0.05, 0.1) is 19.7 Å². The molecule has 0 N–H and O–H groups in total. The van der Waals surface area contributed by atoms with Crippen LogP contribution >= 0.6 is 0 Å². The summed E-state index contributed by atoms with van der Waals surface area (Å²) in [5, 5.41) is 0. The average Bonchev–Trinajstić information content (AvgIpc) is 2.49. The summed E-state index contributed by atoms with van der Waals surface area (Å²) in [5.74, 6) is 1.29. The second-order valence-corrected chi connectivity index (χ2v) is 5.37. The van der Waals surface area contributed by atoms with Gasteiger partial charge in [0, 0.05) is 13.8 Å². The molecular weight excluding hydrogens is 220 g/mol. The van der Waals surface area contributed by atoms with E-state index in [9.17, 15) is 0 Å². The van der Waals surface area contributed by atoms with Crippen molar-refractivity contribution in [2.75, 3.05) is 0 Å². The van der Waals surface area contributed by atoms with Gasteiger partial charge in [0.25, 0.3) is 5.82 Å². The molecule has 96 valence electrons. The molecule has 1 aromatic carbocycles. The lowest BCUT2D eigenvalue weighted by Gasteiger charge is -2.08. The Morgan fingerprint density at radius 3 is 2.11 bits per heavy atom. The summed E-state index contributed by atoms with van der Waals surface area (Å²) in [6.07, 6.45) is 0. The first kappa shape index (κ1) is 12.9. The zero-order valence-electron chi connectivity index (χ0n) is 12.5. The van der Waals surface area contributed by atoms with Crippen molar-refractivity contribution in [3.63, 3.8) is 0 Å². The first-order valence-corrected chi connectivity index (χ1v) is 6.44. The second kappa shape index (κ2) is 4.27. The zero-order chi connectivity index (χ0) is 13.6. The van der Waals surface area contributed by atoms with E-state index < -0.39 is 0 Å². The molecule has 2 rings (SSSR count). The van der Waals surface area contributed by atoms with Gasteiger partial charge in [0.1, 0.15) is 11.4 Å². The minimum Gasteiger partial charge on any atom is -0.230 e. The van der Waals surface area contributed by atoms with Gasteiger partial charge in [-0.3, -0.25) is 0 Å². The third kappa shape index (κ3) is 1.76. The van der Waals surface area contributed by atoms with Crippen LogP contribution in [-0.2, 0) is 14.1 Å². The summed E-state index contributed by atoms with van der Waals surface area (Å²) in [6.45, 7) is 10.9. The molecule has 0 fully saturated rings. The Morgan fingerprint density at radius 2 is 1.61 bits per heavy atom. The molecule has 0 spiro atoms. The normalized spacial score (nSPS) is 11.1. The Kier molecular flexibility index (Phi) is 3.05. The summed E-state index contributed by atoms with van der Waals surface area (Å²) in [6, 6.07) is 4.54. The third-order valence-electron chi connectivity index (χ3n) is 4.22. The summed E-state index contributed by atoms with van der Waals surface area (Å²) in [5.41, 5.74) is 8.05. The van der Waals surface area contributed by atoms with Crippen LogP contribution in [0.4, 0.5) is 0 Å². The van der Waals surface area contributed by atoms with Gasteiger partial charge in [0.15, 0.2) is 0 Å². The number of aryl methyl sites for hydroxylation is 2. The Bertz CT molecular complexity index is 593. The topological polar surface area (TPSA) is 8.81 Å². The van der Waals surface area contributed by atoms with Gasteiger partial charge in [-0.15, -0.1) is 0 Å². The first-order valence-electron chi connectivity index (χ1n) is 6.44. The van der Waals surface area contributed by atoms with Crippen molar-refractivity contribution >= 4 is 0 Å². The van der Waals surface area contributed by atoms with Crippen molar-refractivity contribution in [2.45, 2.75) is 34.6 Å². The molecule has 0 unspecified atom stereocenters. The summed E-state index contributed by atoms with van der Waals surface area (Å²) < 4.78 is 4.58. The molecule has 18 heavy (non-hydrogen) atoms. The second-order valence-electron chi connectivity index (χ2n) is 5.37. The molecule has 0 aliphatic heterocycles. The maximum absolute atomic E-state index is 2.29. The van der Waals surface area contributed by atoms with E-state index in [2.05, 4.69) is 70.0 Å². The van der Waals surface area contributed by atoms with Gasteiger partial charge in [0.2, 0.25) is 0 Å². The number of imidazole rings is 1. The van der Waals surface area contributed by atoms with Gasteiger partial charge in [-0.25, -0.2) is 9.13 Å². The highest BCUT2D eigenvalue weighted by atomic mass is 15.1. The zero-order valence-corrected chi connectivity index (χ0v) is 12.5. The Labute approximate surface area is 110 Å². The van der Waals surface area contributed by atoms with Crippen LogP contribution in [-0.4, -0.2) is 4.57 Å². The number of rotatable bonds is 1. The van der Waals surface area contributed by atoms with Crippen molar-refractivity contribution in [2.24, 2.45) is 14.1 Å². The van der Waals surface area contributed by atoms with E-state index in [0.29, 0.717) is 0 Å². The molecule has 0 saturated heterocycles. The van der Waals surface area contributed by atoms with Gasteiger partial charge in [-0.1, -0.05) is 6.07 Å². The Balaban J connectivity index is 2.82. The predicted octanol–water partition coefficient (Wildman–Crippen LogP) is 3.06. The van der Waals surface area contributed by atoms with E-state index in [1.807, 2.05) is 0 Å². The number of hydrogen-bond acceptors (Lipinski definition) is 0. The van der Waals surface area contributed by atoms with Gasteiger partial charge in [-0.2, -0.15) is 0 Å². The number of nitrogens with zero attached hydrogens (tertiary/aromatic N) is 2. The highest BCUT2D eigenvalue weighted by Gasteiger charge is 2.23. The lowest BCUT2D eigenvalue weighted by molar-refractivity contribution is -0.665. The van der Waals surface area contributed by atoms with Crippen LogP contribution in [0.25, 0.3) is 11.4 Å². The molecule has 2 nitrogen and oxygen atoms in total. The van der Waals surface area contributed by atoms with E-state index in [1.54, 1.807) is 0 Å². The molecule has 1 aromatic heterocycles. The third-order valence-corrected chi connectivity index (χ3v) is 4.22. The van der Waals surface area contributed by atoms with E-state index in [4.69, 9.17) is 0 Å². The fraction of sp³-hybridized carbons (Fsp3) is 0.438. The maximum atomic E-state index is 2.29. The van der Waals surface area contributed by atoms with Crippen molar-refractivity contribution in [1.82, 2.24) is 4.57 Å². The van der Waals surface area contributed by atoms with E-state index in [0.717, 1.165) is 0 Å². The standard InChI is InChI=1S/C16H23N2/c1-10-8-11(2)12(3)15(9-10)16-17(6)13(4)14(5)18(16)7/h8-9H,1-7H3/q+1. The van der Waals surface area contributed by atoms with Crippen LogP contribution in [0.1, 0.15) is 28.1 Å². The molecule has 0 bridgehead atoms. The molecule has 2 heteroatoms. The predicted molar refractivity (Wildman–Crippen MR) is 75.7 cm³/mol. The van der Waals surface area contributed by atoms with Crippen LogP contribution in [0.2, 0.25) is 0 Å². The summed E-state index contributed by atoms with van der Waals surface area (Å²) in [7, 11) is 4.30. The highest BCUT2D eigenvalue weighted by Crippen LogP contribution is 2.26. The summed E-state index contributed by atoms with van der Waals surface area (Å²) in [4.78, 5) is 0. The van der Waals surface area contributed by atoms with Crippen molar-refractivity contribution in [3.8, 4) is 11.4 Å². The SMILES string of the molecule is Cc1cc(C)c(C)c(-c2n(C)c(C)c(C)[n+]2C)c1. The van der Waals surface area contributed by atoms with Gasteiger partial charge >= 0.3 is 0 Å². The fourth-order valence-electron chi connectivity index (χ4n) is 2.66. The van der Waals surface area contributed by atoms with Crippen LogP contribution in [0.5, 0.6) is 0 Å². The molecular formula is C16H23N2+. The van der Waals surface area contributed by atoms with Gasteiger partial charge < -0.3 is 0 Å². The summed E-state index contributed by atoms with van der Waals surface area (Å²) >= 11 is 0. The molecule has 0 saturated carbocycles. The monoisotopic (exact) mass is 243 g/mol. The first-order chi connectivity index (χ1) is 8.34. The molecule has 0 aliphatic rings. The lowest BCUT2D eigenvalue weighted by atomic mass is 9.99. The average molecular weight is 243 g/mol. The van der Waals surface area contributed by atoms with E-state index >= 15 is 0 Å². The maximum Gasteiger partial charge on any atom is 0.289 e. The quantitative estimate of drug-likeness (QED) is 0.681. The van der Waals surface area contributed by atoms with Crippen LogP contribution in [0.3, 0.4) is 0 Å². The molecule has 2 aromatic rings. The Hall–Kier alpha value is -1.57. The number of hydrogen-bond donors (Lipinski definition) is 0. The lowest BCUT2D eigenvalue weighted by Crippen LogP contribution is -2.32. The fourth-order valence-corrected chi connectivity index (χ4v) is 2.66. The van der Waals surface area contributed by atoms with E-state index in [-0.39, 0.29) is 0 Å². The van der Waals surface area contributed by atoms with Crippen LogP contribution in [0.15, 0.2) is 12.1 Å². The molecule has 0 atom stereocenters. The molecule has 0 radical (unpaired) electrons. The Morgan fingerprint density at radius 1 is 1.00 bits per heavy atom. The van der Waals surface area contributed by atoms with Crippen molar-refractivity contribution in [3.05, 3.63) is 40.2 Å². The van der Waals surface area contributed by atoms with E-state index in [1.165, 1.54) is 39.5 Å². The molecule has 0 aliphatic carbocycles. The number of benzene rings is 1. The van der Waals surface area contributed by atoms with Gasteiger partial charge in [-0.05, 0) is 43.5 Å². The number of aromatic nitrogens is 2. The molecule has 1 heterocycles. The smallest absolute Gasteiger partial charge is 0.230 e. The van der Waals surface area contributed by atoms with Crippen LogP contribution in [0, 0.1) is 34.6 Å². The molecule has 0 amide bonds. The van der Waals surface area contributed by atoms with Crippen molar-refractivity contribution < 1.29 is 4.57 Å². The minimum absolute atomic E-state index is 1.29. The van der Waals surface area contributed by atoms with Crippen LogP contribution < -0.4 is 4.57 Å². The van der Waals surface area contributed by atoms with Crippen molar-refractivity contribution in [1.29, 1.82) is 0 Å².